The van der Waals surface area contributed by atoms with E-state index < -0.39 is 58.9 Å². The van der Waals surface area contributed by atoms with Crippen molar-refractivity contribution < 1.29 is 47.5 Å². The van der Waals surface area contributed by atoms with Gasteiger partial charge in [-0.1, -0.05) is 0 Å². The number of esters is 3. The highest BCUT2D eigenvalue weighted by atomic mass is 127. The molecule has 2 saturated heterocycles. The van der Waals surface area contributed by atoms with Crippen LogP contribution >= 0.6 is 45.2 Å². The smallest absolute Gasteiger partial charge is 0.324 e. The fraction of sp³-hybridized carbons (Fsp3) is 0.679. The lowest BCUT2D eigenvalue weighted by Crippen LogP contribution is -2.52. The maximum atomic E-state index is 13.6. The maximum Gasteiger partial charge on any atom is 0.324 e. The third-order valence-electron chi connectivity index (χ3n) is 6.86. The van der Waals surface area contributed by atoms with Crippen LogP contribution in [0.25, 0.3) is 0 Å². The molecule has 0 aromatic heterocycles. The number of ether oxygens (including phenoxy) is 7. The zero-order valence-corrected chi connectivity index (χ0v) is 28.6. The van der Waals surface area contributed by atoms with Crippen molar-refractivity contribution in [2.45, 2.75) is 67.0 Å². The minimum Gasteiger partial charge on any atom is -0.464 e. The van der Waals surface area contributed by atoms with E-state index in [1.807, 2.05) is 19.1 Å². The van der Waals surface area contributed by atoms with Crippen LogP contribution in [0.4, 0.5) is 0 Å². The zero-order chi connectivity index (χ0) is 30.1. The Morgan fingerprint density at radius 3 is 1.57 bits per heavy atom. The molecule has 2 heterocycles. The predicted molar refractivity (Wildman–Crippen MR) is 160 cm³/mol. The second kappa shape index (κ2) is 12.3. The third-order valence-corrected chi connectivity index (χ3v) is 8.29. The van der Waals surface area contributed by atoms with Gasteiger partial charge < -0.3 is 33.2 Å². The molecule has 0 spiro atoms. The summed E-state index contributed by atoms with van der Waals surface area (Å²) in [5.74, 6) is -3.14. The second-order valence-electron chi connectivity index (χ2n) is 12.2. The topological polar surface area (TPSA) is 116 Å². The molecule has 224 valence electrons. The average molecular weight is 788 g/mol. The third kappa shape index (κ3) is 8.06. The van der Waals surface area contributed by atoms with Crippen LogP contribution in [0.2, 0.25) is 0 Å². The molecular weight excluding hydrogens is 750 g/mol. The van der Waals surface area contributed by atoms with Gasteiger partial charge in [0.15, 0.2) is 11.6 Å². The largest absolute Gasteiger partial charge is 0.464 e. The lowest BCUT2D eigenvalue weighted by atomic mass is 9.89. The molecule has 0 amide bonds. The van der Waals surface area contributed by atoms with E-state index in [0.29, 0.717) is 5.75 Å². The summed E-state index contributed by atoms with van der Waals surface area (Å²) in [5, 5.41) is 0. The fourth-order valence-corrected chi connectivity index (χ4v) is 5.97. The number of hydrogen-bond donors (Lipinski definition) is 0. The van der Waals surface area contributed by atoms with E-state index >= 15 is 0 Å². The first kappa shape index (κ1) is 33.4. The molecule has 1 aromatic carbocycles. The molecule has 1 aromatic rings. The molecule has 2 aliphatic rings. The SMILES string of the molecule is Cc1cc(I)cc(I)c1OC(=O)C(C)(COC(=O)C1(C)COC(C)(C)OC1)COC(=O)C1(C)COC(C)(C)OC1. The fourth-order valence-electron chi connectivity index (χ4n) is 3.73. The summed E-state index contributed by atoms with van der Waals surface area (Å²) in [7, 11) is 0. The first-order chi connectivity index (χ1) is 18.3. The number of aryl methyl sites for hydroxylation is 1. The molecule has 0 aliphatic carbocycles. The number of carbonyl (C=O) groups excluding carboxylic acids is 3. The van der Waals surface area contributed by atoms with Crippen LogP contribution in [-0.2, 0) is 42.8 Å². The van der Waals surface area contributed by atoms with Crippen LogP contribution < -0.4 is 4.74 Å². The van der Waals surface area contributed by atoms with Crippen LogP contribution in [0.1, 0.15) is 54.0 Å². The molecule has 0 N–H and O–H groups in total. The number of hydrogen-bond acceptors (Lipinski definition) is 10. The minimum atomic E-state index is -1.53. The number of rotatable bonds is 8. The first-order valence-corrected chi connectivity index (χ1v) is 15.0. The second-order valence-corrected chi connectivity index (χ2v) is 14.6. The van der Waals surface area contributed by atoms with Gasteiger partial charge in [-0.25, -0.2) is 0 Å². The van der Waals surface area contributed by atoms with E-state index in [9.17, 15) is 14.4 Å². The monoisotopic (exact) mass is 788 g/mol. The van der Waals surface area contributed by atoms with Crippen molar-refractivity contribution in [1.82, 2.24) is 0 Å². The molecular formula is C28H38I2O10. The molecule has 12 heteroatoms. The van der Waals surface area contributed by atoms with Gasteiger partial charge in [0.1, 0.15) is 35.2 Å². The Balaban J connectivity index is 1.78. The summed E-state index contributed by atoms with van der Waals surface area (Å²) in [6, 6.07) is 3.77. The summed E-state index contributed by atoms with van der Waals surface area (Å²) in [5.41, 5.74) is -2.91. The number of halogens is 2. The molecule has 2 fully saturated rings. The first-order valence-electron chi connectivity index (χ1n) is 12.9. The highest BCUT2D eigenvalue weighted by Gasteiger charge is 2.48. The van der Waals surface area contributed by atoms with Crippen molar-refractivity contribution in [3.63, 3.8) is 0 Å². The molecule has 0 radical (unpaired) electrons. The summed E-state index contributed by atoms with van der Waals surface area (Å²) < 4.78 is 41.5. The molecule has 0 atom stereocenters. The standard InChI is InChI=1S/C28H38I2O10/c1-17-9-18(29)10-19(30)20(17)40-23(33)26(6,11-34-21(31)27(7)13-36-24(2,3)37-14-27)12-35-22(32)28(8)15-38-25(4,5)39-16-28/h9-10H,11-16H2,1-8H3. The van der Waals surface area contributed by atoms with E-state index in [-0.39, 0.29) is 26.4 Å². The number of carbonyl (C=O) groups is 3. The van der Waals surface area contributed by atoms with Gasteiger partial charge in [0.25, 0.3) is 0 Å². The summed E-state index contributed by atoms with van der Waals surface area (Å²) in [6.07, 6.45) is 0. The Bertz CT molecular complexity index is 1050. The van der Waals surface area contributed by atoms with E-state index in [4.69, 9.17) is 33.2 Å². The number of benzene rings is 1. The van der Waals surface area contributed by atoms with Crippen molar-refractivity contribution in [3.05, 3.63) is 24.8 Å². The van der Waals surface area contributed by atoms with Crippen LogP contribution in [0.15, 0.2) is 12.1 Å². The summed E-state index contributed by atoms with van der Waals surface area (Å²) >= 11 is 4.28. The highest BCUT2D eigenvalue weighted by molar-refractivity contribution is 14.1. The molecule has 0 unspecified atom stereocenters. The Hall–Kier alpha value is -1.07. The van der Waals surface area contributed by atoms with Crippen molar-refractivity contribution in [2.24, 2.45) is 16.2 Å². The molecule has 0 bridgehead atoms. The molecule has 0 saturated carbocycles. The van der Waals surface area contributed by atoms with Crippen LogP contribution in [0.3, 0.4) is 0 Å². The van der Waals surface area contributed by atoms with E-state index in [2.05, 4.69) is 45.2 Å². The van der Waals surface area contributed by atoms with E-state index in [1.54, 1.807) is 41.5 Å². The van der Waals surface area contributed by atoms with Crippen LogP contribution in [0.5, 0.6) is 5.75 Å². The lowest BCUT2D eigenvalue weighted by Gasteiger charge is -2.40. The van der Waals surface area contributed by atoms with Crippen molar-refractivity contribution in [1.29, 1.82) is 0 Å². The lowest BCUT2D eigenvalue weighted by molar-refractivity contribution is -0.282. The van der Waals surface area contributed by atoms with Crippen LogP contribution in [0, 0.1) is 30.3 Å². The van der Waals surface area contributed by atoms with Gasteiger partial charge in [-0.3, -0.25) is 14.4 Å². The molecule has 40 heavy (non-hydrogen) atoms. The molecule has 2 aliphatic heterocycles. The van der Waals surface area contributed by atoms with Crippen LogP contribution in [-0.4, -0.2) is 69.1 Å². The zero-order valence-electron chi connectivity index (χ0n) is 24.2. The van der Waals surface area contributed by atoms with Gasteiger partial charge in [0.05, 0.1) is 30.0 Å². The Labute approximate surface area is 262 Å². The van der Waals surface area contributed by atoms with Gasteiger partial charge in [0, 0.05) is 3.57 Å². The van der Waals surface area contributed by atoms with Crippen molar-refractivity contribution in [2.75, 3.05) is 39.6 Å². The normalized spacial score (nSPS) is 21.2. The molecule has 3 rings (SSSR count). The van der Waals surface area contributed by atoms with E-state index in [1.165, 1.54) is 6.92 Å². The van der Waals surface area contributed by atoms with Crippen molar-refractivity contribution >= 4 is 63.1 Å². The van der Waals surface area contributed by atoms with Gasteiger partial charge in [-0.15, -0.1) is 0 Å². The quantitative estimate of drug-likeness (QED) is 0.207. The Morgan fingerprint density at radius 1 is 0.800 bits per heavy atom. The van der Waals surface area contributed by atoms with Gasteiger partial charge in [-0.05, 0) is 118 Å². The summed E-state index contributed by atoms with van der Waals surface area (Å²) in [4.78, 5) is 39.9. The summed E-state index contributed by atoms with van der Waals surface area (Å²) in [6.45, 7) is 13.3. The maximum absolute atomic E-state index is 13.6. The highest BCUT2D eigenvalue weighted by Crippen LogP contribution is 2.35. The van der Waals surface area contributed by atoms with Gasteiger partial charge in [0.2, 0.25) is 0 Å². The Morgan fingerprint density at radius 2 is 1.20 bits per heavy atom. The predicted octanol–water partition coefficient (Wildman–Crippen LogP) is 4.78. The van der Waals surface area contributed by atoms with Gasteiger partial charge in [-0.2, -0.15) is 0 Å². The molecule has 10 nitrogen and oxygen atoms in total. The van der Waals surface area contributed by atoms with Gasteiger partial charge >= 0.3 is 17.9 Å². The van der Waals surface area contributed by atoms with Crippen molar-refractivity contribution in [3.8, 4) is 5.75 Å². The minimum absolute atomic E-state index is 0.0870. The van der Waals surface area contributed by atoms with E-state index in [0.717, 1.165) is 12.7 Å². The Kier molecular flexibility index (Phi) is 10.3. The average Bonchev–Trinajstić information content (AvgIpc) is 2.87.